The highest BCUT2D eigenvalue weighted by molar-refractivity contribution is 6.35. The van der Waals surface area contributed by atoms with E-state index in [4.69, 9.17) is 21.4 Å². The minimum atomic E-state index is -4.12. The Kier molecular flexibility index (Phi) is 4.83. The maximum absolute atomic E-state index is 13.6. The highest BCUT2D eigenvalue weighted by Crippen LogP contribution is 2.34. The molecule has 0 amide bonds. The maximum Gasteiger partial charge on any atom is 0.379 e. The van der Waals surface area contributed by atoms with Gasteiger partial charge in [-0.25, -0.2) is 4.79 Å². The molecule has 0 heterocycles. The largest absolute Gasteiger partial charge is 0.492 e. The molecule has 0 unspecified atom stereocenters. The molecule has 0 saturated carbocycles. The van der Waals surface area contributed by atoms with E-state index in [1.165, 1.54) is 0 Å². The number of aliphatic carboxylic acids is 1. The van der Waals surface area contributed by atoms with E-state index in [9.17, 15) is 18.4 Å². The number of rotatable bonds is 6. The fourth-order valence-electron chi connectivity index (χ4n) is 1.29. The predicted octanol–water partition coefficient (Wildman–Crippen LogP) is 2.87. The molecule has 7 heteroatoms. The lowest BCUT2D eigenvalue weighted by atomic mass is 10.0. The number of carbonyl (C=O) groups is 2. The van der Waals surface area contributed by atoms with Crippen molar-refractivity contribution >= 4 is 23.4 Å². The van der Waals surface area contributed by atoms with Gasteiger partial charge in [-0.15, -0.1) is 0 Å². The number of hydrogen-bond acceptors (Lipinski definition) is 3. The van der Waals surface area contributed by atoms with Gasteiger partial charge in [0, 0.05) is 5.56 Å². The van der Waals surface area contributed by atoms with Crippen molar-refractivity contribution < 1.29 is 28.2 Å². The Bertz CT molecular complexity index is 503. The number of carboxylic acid groups (broad SMARTS) is 1. The summed E-state index contributed by atoms with van der Waals surface area (Å²) >= 11 is 5.75. The third-order valence-electron chi connectivity index (χ3n) is 2.23. The predicted molar refractivity (Wildman–Crippen MR) is 63.8 cm³/mol. The van der Waals surface area contributed by atoms with Gasteiger partial charge < -0.3 is 9.84 Å². The smallest absolute Gasteiger partial charge is 0.379 e. The molecule has 19 heavy (non-hydrogen) atoms. The molecule has 0 bridgehead atoms. The van der Waals surface area contributed by atoms with Gasteiger partial charge >= 0.3 is 17.7 Å². The topological polar surface area (TPSA) is 63.6 Å². The van der Waals surface area contributed by atoms with Gasteiger partial charge in [-0.3, -0.25) is 4.79 Å². The van der Waals surface area contributed by atoms with Crippen molar-refractivity contribution in [1.82, 2.24) is 0 Å². The Morgan fingerprint density at radius 3 is 2.58 bits per heavy atom. The third-order valence-corrected chi connectivity index (χ3v) is 2.55. The Morgan fingerprint density at radius 2 is 2.05 bits per heavy atom. The minimum Gasteiger partial charge on any atom is -0.492 e. The molecule has 0 aliphatic heterocycles. The van der Waals surface area contributed by atoms with E-state index in [0.717, 1.165) is 18.2 Å². The molecule has 0 radical (unpaired) electrons. The Hall–Kier alpha value is -1.69. The van der Waals surface area contributed by atoms with Crippen molar-refractivity contribution in [3.05, 3.63) is 28.8 Å². The molecule has 0 fully saturated rings. The Balaban J connectivity index is 3.13. The number of hydrogen-bond donors (Lipinski definition) is 1. The van der Waals surface area contributed by atoms with Crippen LogP contribution in [0.25, 0.3) is 0 Å². The molecule has 1 rings (SSSR count). The summed E-state index contributed by atoms with van der Waals surface area (Å²) in [5.74, 6) is -8.54. The molecule has 0 atom stereocenters. The molecular weight excluding hydrogens is 282 g/mol. The van der Waals surface area contributed by atoms with Crippen molar-refractivity contribution in [1.29, 1.82) is 0 Å². The van der Waals surface area contributed by atoms with Crippen molar-refractivity contribution in [3.8, 4) is 5.75 Å². The van der Waals surface area contributed by atoms with Crippen LogP contribution in [0.15, 0.2) is 18.2 Å². The standard InChI is InChI=1S/C12H11ClF2O4/c1-2-5-19-9-6-7(3-4-8(9)13)12(14,15)10(16)11(17)18/h3-4,6H,2,5H2,1H3,(H,17,18). The second-order valence-electron chi connectivity index (χ2n) is 3.70. The molecule has 4 nitrogen and oxygen atoms in total. The first-order valence-electron chi connectivity index (χ1n) is 5.39. The lowest BCUT2D eigenvalue weighted by molar-refractivity contribution is -0.163. The van der Waals surface area contributed by atoms with Crippen LogP contribution in [0.5, 0.6) is 5.75 Å². The molecule has 1 aromatic rings. The molecule has 0 aromatic heterocycles. The molecule has 104 valence electrons. The van der Waals surface area contributed by atoms with Crippen molar-refractivity contribution in [2.45, 2.75) is 19.3 Å². The van der Waals surface area contributed by atoms with Crippen molar-refractivity contribution in [3.63, 3.8) is 0 Å². The summed E-state index contributed by atoms with van der Waals surface area (Å²) in [6.07, 6.45) is 0.644. The van der Waals surface area contributed by atoms with Gasteiger partial charge in [0.25, 0.3) is 0 Å². The van der Waals surface area contributed by atoms with Crippen LogP contribution >= 0.6 is 11.6 Å². The lowest BCUT2D eigenvalue weighted by Crippen LogP contribution is -2.32. The molecule has 0 saturated heterocycles. The van der Waals surface area contributed by atoms with Crippen LogP contribution in [0.1, 0.15) is 18.9 Å². The summed E-state index contributed by atoms with van der Waals surface area (Å²) in [6.45, 7) is 2.09. The quantitative estimate of drug-likeness (QED) is 0.819. The van der Waals surface area contributed by atoms with Crippen LogP contribution in [0.2, 0.25) is 5.02 Å². The molecule has 0 aliphatic rings. The van der Waals surface area contributed by atoms with E-state index in [1.54, 1.807) is 0 Å². The average molecular weight is 293 g/mol. The van der Waals surface area contributed by atoms with Gasteiger partial charge in [0.2, 0.25) is 0 Å². The van der Waals surface area contributed by atoms with Crippen LogP contribution < -0.4 is 4.74 Å². The van der Waals surface area contributed by atoms with Crippen molar-refractivity contribution in [2.24, 2.45) is 0 Å². The van der Waals surface area contributed by atoms with Gasteiger partial charge in [-0.2, -0.15) is 8.78 Å². The molecule has 0 aliphatic carbocycles. The second kappa shape index (κ2) is 5.97. The second-order valence-corrected chi connectivity index (χ2v) is 4.11. The van der Waals surface area contributed by atoms with Gasteiger partial charge in [-0.05, 0) is 18.6 Å². The summed E-state index contributed by atoms with van der Waals surface area (Å²) in [7, 11) is 0. The van der Waals surface area contributed by atoms with Crippen LogP contribution in [0, 0.1) is 0 Å². The fourth-order valence-corrected chi connectivity index (χ4v) is 1.46. The number of halogens is 3. The zero-order chi connectivity index (χ0) is 14.6. The number of ketones is 1. The number of carboxylic acids is 1. The van der Waals surface area contributed by atoms with Crippen molar-refractivity contribution in [2.75, 3.05) is 6.61 Å². The van der Waals surface area contributed by atoms with E-state index in [2.05, 4.69) is 0 Å². The maximum atomic E-state index is 13.6. The molecule has 1 aromatic carbocycles. The van der Waals surface area contributed by atoms with E-state index in [1.807, 2.05) is 6.92 Å². The summed E-state index contributed by atoms with van der Waals surface area (Å²) in [6, 6.07) is 2.89. The molecule has 1 N–H and O–H groups in total. The normalized spacial score (nSPS) is 11.2. The van der Waals surface area contributed by atoms with Crippen LogP contribution in [0.3, 0.4) is 0 Å². The first-order valence-corrected chi connectivity index (χ1v) is 5.76. The van der Waals surface area contributed by atoms with Gasteiger partial charge in [0.1, 0.15) is 5.75 Å². The average Bonchev–Trinajstić information content (AvgIpc) is 2.36. The highest BCUT2D eigenvalue weighted by Gasteiger charge is 2.45. The first kappa shape index (κ1) is 15.4. The summed E-state index contributed by atoms with van der Waals surface area (Å²) in [5, 5.41) is 8.46. The number of alkyl halides is 2. The van der Waals surface area contributed by atoms with Crippen LogP contribution in [-0.2, 0) is 15.5 Å². The van der Waals surface area contributed by atoms with Gasteiger partial charge in [0.15, 0.2) is 0 Å². The van der Waals surface area contributed by atoms with Gasteiger partial charge in [-0.1, -0.05) is 24.6 Å². The van der Waals surface area contributed by atoms with E-state index >= 15 is 0 Å². The summed E-state index contributed by atoms with van der Waals surface area (Å²) in [5.41, 5.74) is -0.768. The Morgan fingerprint density at radius 1 is 1.42 bits per heavy atom. The highest BCUT2D eigenvalue weighted by atomic mass is 35.5. The zero-order valence-corrected chi connectivity index (χ0v) is 10.7. The third kappa shape index (κ3) is 3.41. The number of Topliss-reactive ketones (excluding diaryl/α,β-unsaturated/α-hetero) is 1. The van der Waals surface area contributed by atoms with E-state index in [-0.39, 0.29) is 17.4 Å². The van der Waals surface area contributed by atoms with E-state index in [0.29, 0.717) is 6.42 Å². The summed E-state index contributed by atoms with van der Waals surface area (Å²) in [4.78, 5) is 21.3. The number of carbonyl (C=O) groups excluding carboxylic acids is 1. The SMILES string of the molecule is CCCOc1cc(C(F)(F)C(=O)C(=O)O)ccc1Cl. The molecule has 0 spiro atoms. The van der Waals surface area contributed by atoms with Crippen LogP contribution in [-0.4, -0.2) is 23.5 Å². The number of benzene rings is 1. The molecular formula is C12H11ClF2O4. The fraction of sp³-hybridized carbons (Fsp3) is 0.333. The van der Waals surface area contributed by atoms with E-state index < -0.39 is 23.2 Å². The lowest BCUT2D eigenvalue weighted by Gasteiger charge is -2.15. The number of ether oxygens (including phenoxy) is 1. The Labute approximate surface area is 112 Å². The minimum absolute atomic E-state index is 0.0149. The van der Waals surface area contributed by atoms with Crippen LogP contribution in [0.4, 0.5) is 8.78 Å². The van der Waals surface area contributed by atoms with Gasteiger partial charge in [0.05, 0.1) is 11.6 Å². The monoisotopic (exact) mass is 292 g/mol. The summed E-state index contributed by atoms with van der Waals surface area (Å²) < 4.78 is 32.3. The first-order chi connectivity index (χ1) is 8.80. The zero-order valence-electron chi connectivity index (χ0n) is 9.95.